The number of carbonyl (C=O) groups is 1. The van der Waals surface area contributed by atoms with Crippen molar-refractivity contribution in [3.8, 4) is 16.9 Å². The molecule has 0 radical (unpaired) electrons. The molecule has 1 amide bonds. The number of benzene rings is 1. The molecule has 0 aliphatic heterocycles. The predicted molar refractivity (Wildman–Crippen MR) is 136 cm³/mol. The van der Waals surface area contributed by atoms with Crippen LogP contribution < -0.4 is 10.1 Å². The Morgan fingerprint density at radius 3 is 2.89 bits per heavy atom. The van der Waals surface area contributed by atoms with Gasteiger partial charge in [-0.2, -0.15) is 0 Å². The minimum absolute atomic E-state index is 0.254. The van der Waals surface area contributed by atoms with Gasteiger partial charge in [-0.05, 0) is 30.7 Å². The molecule has 0 saturated heterocycles. The van der Waals surface area contributed by atoms with Crippen LogP contribution in [-0.2, 0) is 6.42 Å². The van der Waals surface area contributed by atoms with Crippen molar-refractivity contribution in [2.75, 3.05) is 12.4 Å². The molecule has 0 spiro atoms. The molecule has 36 heavy (non-hydrogen) atoms. The van der Waals surface area contributed by atoms with Gasteiger partial charge in [0.2, 0.25) is 5.13 Å². The fourth-order valence-electron chi connectivity index (χ4n) is 4.08. The normalized spacial score (nSPS) is 16.6. The second-order valence-electron chi connectivity index (χ2n) is 8.03. The number of methoxy groups -OCH3 is 1. The van der Waals surface area contributed by atoms with Crippen molar-refractivity contribution >= 4 is 45.7 Å². The maximum absolute atomic E-state index is 14.4. The van der Waals surface area contributed by atoms with Gasteiger partial charge in [-0.15, -0.1) is 10.2 Å². The van der Waals surface area contributed by atoms with Crippen LogP contribution in [0, 0.1) is 12.7 Å². The first kappa shape index (κ1) is 24.6. The number of nitrogens with one attached hydrogen (secondary N) is 1. The second-order valence-corrected chi connectivity index (χ2v) is 10.8. The van der Waals surface area contributed by atoms with Gasteiger partial charge in [0.25, 0.3) is 5.91 Å². The van der Waals surface area contributed by atoms with Gasteiger partial charge < -0.3 is 9.84 Å². The number of hydrogen-bond acceptors (Lipinski definition) is 9. The van der Waals surface area contributed by atoms with Crippen LogP contribution in [0.4, 0.5) is 9.52 Å². The van der Waals surface area contributed by atoms with Crippen LogP contribution in [0.1, 0.15) is 32.4 Å². The van der Waals surface area contributed by atoms with Gasteiger partial charge in [0.05, 0.1) is 30.2 Å². The summed E-state index contributed by atoms with van der Waals surface area (Å²) in [6, 6.07) is 8.21. The molecular weight excluding hydrogens is 525 g/mol. The zero-order chi connectivity index (χ0) is 25.4. The summed E-state index contributed by atoms with van der Waals surface area (Å²) in [6.07, 6.45) is 2.59. The van der Waals surface area contributed by atoms with E-state index in [1.54, 1.807) is 18.2 Å². The summed E-state index contributed by atoms with van der Waals surface area (Å²) in [5.41, 5.74) is 3.42. The average molecular weight is 544 g/mol. The van der Waals surface area contributed by atoms with E-state index in [-0.39, 0.29) is 21.7 Å². The fraction of sp³-hybridized carbons (Fsp3) is 0.208. The van der Waals surface area contributed by atoms with E-state index in [1.807, 2.05) is 13.0 Å². The lowest BCUT2D eigenvalue weighted by molar-refractivity contribution is 0.102. The number of fused-ring (bicyclic) bond motifs is 1. The lowest BCUT2D eigenvalue weighted by Gasteiger charge is -2.14. The summed E-state index contributed by atoms with van der Waals surface area (Å²) >= 11 is 8.47. The van der Waals surface area contributed by atoms with E-state index in [4.69, 9.17) is 16.3 Å². The molecule has 4 aromatic rings. The number of hydrogen-bond donors (Lipinski definition) is 2. The van der Waals surface area contributed by atoms with Gasteiger partial charge in [0.1, 0.15) is 16.7 Å². The number of halogens is 2. The van der Waals surface area contributed by atoms with Crippen molar-refractivity contribution in [2.45, 2.75) is 29.0 Å². The van der Waals surface area contributed by atoms with E-state index >= 15 is 0 Å². The molecule has 8 nitrogen and oxygen atoms in total. The Labute approximate surface area is 218 Å². The topological polar surface area (TPSA) is 110 Å². The number of anilines is 1. The highest BCUT2D eigenvalue weighted by atomic mass is 35.5. The summed E-state index contributed by atoms with van der Waals surface area (Å²) in [6.45, 7) is 1.81. The molecule has 0 saturated carbocycles. The molecular formula is C24H19ClFN5O3S2. The average Bonchev–Trinajstić information content (AvgIpc) is 3.43. The van der Waals surface area contributed by atoms with E-state index in [2.05, 4.69) is 25.5 Å². The first-order valence-electron chi connectivity index (χ1n) is 10.8. The van der Waals surface area contributed by atoms with Gasteiger partial charge in [-0.1, -0.05) is 46.8 Å². The van der Waals surface area contributed by atoms with E-state index in [0.29, 0.717) is 38.9 Å². The molecule has 1 aliphatic rings. The fourth-order valence-corrected chi connectivity index (χ4v) is 6.39. The van der Waals surface area contributed by atoms with Crippen LogP contribution in [-0.4, -0.2) is 44.4 Å². The first-order valence-corrected chi connectivity index (χ1v) is 12.8. The molecule has 12 heteroatoms. The monoisotopic (exact) mass is 543 g/mol. The molecule has 0 fully saturated rings. The third-order valence-corrected chi connectivity index (χ3v) is 8.16. The Kier molecular flexibility index (Phi) is 6.89. The van der Waals surface area contributed by atoms with Gasteiger partial charge in [0.15, 0.2) is 4.34 Å². The SMILES string of the molecule is COc1cnc(Cl)cc1-c1cc(C)ncc1C(=O)Nc1nnc(S[C@@H]2c3c(F)cccc3C[C@H]2O)s1. The molecule has 2 N–H and O–H groups in total. The predicted octanol–water partition coefficient (Wildman–Crippen LogP) is 5.11. The number of carbonyl (C=O) groups excluding carboxylic acids is 1. The highest BCUT2D eigenvalue weighted by molar-refractivity contribution is 8.01. The smallest absolute Gasteiger partial charge is 0.259 e. The molecule has 1 aromatic carbocycles. The standard InChI is InChI=1S/C24H19ClFN5O3S2/c1-11-6-13(14-8-19(25)28-10-18(14)34-2)15(9-27-11)22(33)29-23-30-31-24(36-23)35-21-17(32)7-12-4-3-5-16(26)20(12)21/h3-6,8-10,17,21,32H,7H2,1-2H3,(H,29,30,33)/t17-,21+/m1/s1. The summed E-state index contributed by atoms with van der Waals surface area (Å²) in [4.78, 5) is 21.5. The van der Waals surface area contributed by atoms with Crippen LogP contribution in [0.25, 0.3) is 11.1 Å². The van der Waals surface area contributed by atoms with Crippen molar-refractivity contribution in [2.24, 2.45) is 0 Å². The molecule has 184 valence electrons. The molecule has 5 rings (SSSR count). The Bertz CT molecular complexity index is 1470. The second kappa shape index (κ2) is 10.1. The quantitative estimate of drug-likeness (QED) is 0.255. The lowest BCUT2D eigenvalue weighted by atomic mass is 10.0. The highest BCUT2D eigenvalue weighted by Crippen LogP contribution is 2.47. The minimum Gasteiger partial charge on any atom is -0.494 e. The van der Waals surface area contributed by atoms with Crippen molar-refractivity contribution < 1.29 is 19.0 Å². The number of aliphatic hydroxyl groups is 1. The number of rotatable bonds is 6. The zero-order valence-electron chi connectivity index (χ0n) is 19.0. The highest BCUT2D eigenvalue weighted by Gasteiger charge is 2.35. The van der Waals surface area contributed by atoms with Gasteiger partial charge in [-0.25, -0.2) is 9.37 Å². The number of thioether (sulfide) groups is 1. The van der Waals surface area contributed by atoms with Gasteiger partial charge >= 0.3 is 0 Å². The number of amides is 1. The van der Waals surface area contributed by atoms with Gasteiger partial charge in [-0.3, -0.25) is 15.1 Å². The number of pyridine rings is 2. The molecule has 3 aromatic heterocycles. The third-order valence-electron chi connectivity index (χ3n) is 5.69. The molecule has 0 unspecified atom stereocenters. The Hall–Kier alpha value is -3.12. The Balaban J connectivity index is 1.39. The van der Waals surface area contributed by atoms with E-state index < -0.39 is 17.3 Å². The van der Waals surface area contributed by atoms with Crippen LogP contribution in [0.3, 0.4) is 0 Å². The van der Waals surface area contributed by atoms with Crippen LogP contribution in [0.2, 0.25) is 5.15 Å². The summed E-state index contributed by atoms with van der Waals surface area (Å²) in [7, 11) is 1.51. The van der Waals surface area contributed by atoms with Crippen LogP contribution >= 0.6 is 34.7 Å². The maximum Gasteiger partial charge on any atom is 0.259 e. The van der Waals surface area contributed by atoms with E-state index in [9.17, 15) is 14.3 Å². The zero-order valence-corrected chi connectivity index (χ0v) is 21.4. The number of ether oxygens (including phenoxy) is 1. The van der Waals surface area contributed by atoms with Crippen molar-refractivity contribution in [3.63, 3.8) is 0 Å². The first-order chi connectivity index (χ1) is 17.3. The largest absolute Gasteiger partial charge is 0.494 e. The molecule has 1 aliphatic carbocycles. The number of nitrogens with zero attached hydrogens (tertiary/aromatic N) is 4. The minimum atomic E-state index is -0.743. The summed E-state index contributed by atoms with van der Waals surface area (Å²) in [5.74, 6) is -0.348. The summed E-state index contributed by atoms with van der Waals surface area (Å²) in [5, 5.41) is 21.4. The summed E-state index contributed by atoms with van der Waals surface area (Å²) < 4.78 is 20.3. The Morgan fingerprint density at radius 1 is 1.25 bits per heavy atom. The lowest BCUT2D eigenvalue weighted by Crippen LogP contribution is -2.14. The maximum atomic E-state index is 14.4. The number of aliphatic hydroxyl groups excluding tert-OH is 1. The van der Waals surface area contributed by atoms with E-state index in [0.717, 1.165) is 16.9 Å². The van der Waals surface area contributed by atoms with Crippen molar-refractivity contribution in [1.82, 2.24) is 20.2 Å². The van der Waals surface area contributed by atoms with Gasteiger partial charge in [0, 0.05) is 35.0 Å². The van der Waals surface area contributed by atoms with E-state index in [1.165, 1.54) is 37.3 Å². The van der Waals surface area contributed by atoms with Crippen LogP contribution in [0.15, 0.2) is 47.1 Å². The molecule has 3 heterocycles. The number of aromatic nitrogens is 4. The Morgan fingerprint density at radius 2 is 2.08 bits per heavy atom. The van der Waals surface area contributed by atoms with Crippen molar-refractivity contribution in [3.05, 3.63) is 76.1 Å². The van der Waals surface area contributed by atoms with Crippen molar-refractivity contribution in [1.29, 1.82) is 0 Å². The third kappa shape index (κ3) is 4.79. The van der Waals surface area contributed by atoms with Crippen LogP contribution in [0.5, 0.6) is 5.75 Å². The molecule has 2 atom stereocenters. The number of aryl methyl sites for hydroxylation is 1. The molecule has 0 bridgehead atoms.